The molecule has 0 fully saturated rings. The van der Waals surface area contributed by atoms with Gasteiger partial charge >= 0.3 is 0 Å². The standard InChI is InChI=1S/C19H25N3O2/c1-4-15-8-5-6-10-17(15)22-18(23)12-14(2)21-13-16-9-7-11-20-19(16)24-3/h5-11,14,21H,4,12-13H2,1-3H3,(H,22,23)/t14-/m0/s1. The van der Waals surface area contributed by atoms with Gasteiger partial charge in [-0.15, -0.1) is 0 Å². The van der Waals surface area contributed by atoms with Crippen LogP contribution in [0, 0.1) is 0 Å². The Balaban J connectivity index is 1.85. The number of benzene rings is 1. The Morgan fingerprint density at radius 2 is 1.96 bits per heavy atom. The van der Waals surface area contributed by atoms with Gasteiger partial charge in [-0.25, -0.2) is 4.98 Å². The molecule has 24 heavy (non-hydrogen) atoms. The third-order valence-corrected chi connectivity index (χ3v) is 3.85. The number of carbonyl (C=O) groups is 1. The van der Waals surface area contributed by atoms with E-state index in [1.54, 1.807) is 13.3 Å². The number of nitrogens with one attached hydrogen (secondary N) is 2. The lowest BCUT2D eigenvalue weighted by Crippen LogP contribution is -2.30. The largest absolute Gasteiger partial charge is 0.481 e. The molecular formula is C19H25N3O2. The number of methoxy groups -OCH3 is 1. The average Bonchev–Trinajstić information content (AvgIpc) is 2.60. The highest BCUT2D eigenvalue weighted by Crippen LogP contribution is 2.16. The van der Waals surface area contributed by atoms with Gasteiger partial charge in [-0.1, -0.05) is 31.2 Å². The first-order chi connectivity index (χ1) is 11.6. The second-order valence-corrected chi connectivity index (χ2v) is 5.72. The predicted molar refractivity (Wildman–Crippen MR) is 96.2 cm³/mol. The summed E-state index contributed by atoms with van der Waals surface area (Å²) in [4.78, 5) is 16.4. The molecule has 0 bridgehead atoms. The minimum Gasteiger partial charge on any atom is -0.481 e. The van der Waals surface area contributed by atoms with Crippen LogP contribution in [-0.2, 0) is 17.8 Å². The number of ether oxygens (including phenoxy) is 1. The van der Waals surface area contributed by atoms with E-state index in [1.807, 2.05) is 43.3 Å². The third-order valence-electron chi connectivity index (χ3n) is 3.85. The normalized spacial score (nSPS) is 11.8. The smallest absolute Gasteiger partial charge is 0.225 e. The monoisotopic (exact) mass is 327 g/mol. The zero-order valence-corrected chi connectivity index (χ0v) is 14.5. The maximum atomic E-state index is 12.2. The van der Waals surface area contributed by atoms with Crippen LogP contribution < -0.4 is 15.4 Å². The molecule has 0 spiro atoms. The number of rotatable bonds is 8. The van der Waals surface area contributed by atoms with Gasteiger partial charge in [0, 0.05) is 36.5 Å². The molecule has 0 aliphatic rings. The number of amides is 1. The van der Waals surface area contributed by atoms with Crippen LogP contribution in [0.4, 0.5) is 5.69 Å². The maximum absolute atomic E-state index is 12.2. The van der Waals surface area contributed by atoms with Crippen molar-refractivity contribution in [3.8, 4) is 5.88 Å². The molecule has 5 nitrogen and oxygen atoms in total. The molecule has 2 rings (SSSR count). The summed E-state index contributed by atoms with van der Waals surface area (Å²) in [5, 5.41) is 6.34. The van der Waals surface area contributed by atoms with Crippen molar-refractivity contribution in [2.45, 2.75) is 39.3 Å². The molecule has 0 saturated heterocycles. The first-order valence-corrected chi connectivity index (χ1v) is 8.23. The van der Waals surface area contributed by atoms with E-state index in [9.17, 15) is 4.79 Å². The summed E-state index contributed by atoms with van der Waals surface area (Å²) >= 11 is 0. The average molecular weight is 327 g/mol. The SMILES string of the molecule is CCc1ccccc1NC(=O)C[C@H](C)NCc1cccnc1OC. The van der Waals surface area contributed by atoms with Crippen molar-refractivity contribution in [3.63, 3.8) is 0 Å². The molecule has 0 aliphatic heterocycles. The van der Waals surface area contributed by atoms with Crippen molar-refractivity contribution < 1.29 is 9.53 Å². The van der Waals surface area contributed by atoms with Gasteiger partial charge < -0.3 is 15.4 Å². The van der Waals surface area contributed by atoms with E-state index in [1.165, 1.54) is 0 Å². The first-order valence-electron chi connectivity index (χ1n) is 8.23. The van der Waals surface area contributed by atoms with Gasteiger partial charge in [-0.2, -0.15) is 0 Å². The number of carbonyl (C=O) groups excluding carboxylic acids is 1. The molecule has 1 aromatic heterocycles. The molecule has 0 radical (unpaired) electrons. The lowest BCUT2D eigenvalue weighted by atomic mass is 10.1. The van der Waals surface area contributed by atoms with Gasteiger partial charge in [-0.3, -0.25) is 4.79 Å². The number of hydrogen-bond acceptors (Lipinski definition) is 4. The summed E-state index contributed by atoms with van der Waals surface area (Å²) in [6.07, 6.45) is 3.00. The number of aryl methyl sites for hydroxylation is 1. The highest BCUT2D eigenvalue weighted by atomic mass is 16.5. The highest BCUT2D eigenvalue weighted by Gasteiger charge is 2.11. The summed E-state index contributed by atoms with van der Waals surface area (Å²) in [5.41, 5.74) is 3.02. The second kappa shape index (κ2) is 9.03. The number of nitrogens with zero attached hydrogens (tertiary/aromatic N) is 1. The topological polar surface area (TPSA) is 63.2 Å². The van der Waals surface area contributed by atoms with E-state index >= 15 is 0 Å². The quantitative estimate of drug-likeness (QED) is 0.782. The first kappa shape index (κ1) is 17.9. The molecule has 128 valence electrons. The van der Waals surface area contributed by atoms with Crippen molar-refractivity contribution in [1.29, 1.82) is 0 Å². The van der Waals surface area contributed by atoms with E-state index in [4.69, 9.17) is 4.74 Å². The number of aromatic nitrogens is 1. The fourth-order valence-electron chi connectivity index (χ4n) is 2.53. The molecule has 2 aromatic rings. The fourth-order valence-corrected chi connectivity index (χ4v) is 2.53. The molecule has 1 amide bonds. The summed E-state index contributed by atoms with van der Waals surface area (Å²) in [6.45, 7) is 4.68. The van der Waals surface area contributed by atoms with Crippen LogP contribution in [-0.4, -0.2) is 24.0 Å². The molecule has 1 heterocycles. The van der Waals surface area contributed by atoms with Gasteiger partial charge in [0.2, 0.25) is 11.8 Å². The highest BCUT2D eigenvalue weighted by molar-refractivity contribution is 5.91. The Morgan fingerprint density at radius 3 is 2.71 bits per heavy atom. The van der Waals surface area contributed by atoms with Gasteiger partial charge in [0.25, 0.3) is 0 Å². The van der Waals surface area contributed by atoms with E-state index in [0.29, 0.717) is 18.8 Å². The summed E-state index contributed by atoms with van der Waals surface area (Å²) in [7, 11) is 1.61. The Kier molecular flexibility index (Phi) is 6.75. The van der Waals surface area contributed by atoms with Crippen molar-refractivity contribution in [3.05, 3.63) is 53.7 Å². The van der Waals surface area contributed by atoms with Gasteiger partial charge in [0.05, 0.1) is 7.11 Å². The lowest BCUT2D eigenvalue weighted by molar-refractivity contribution is -0.116. The number of para-hydroxylation sites is 1. The van der Waals surface area contributed by atoms with Crippen molar-refractivity contribution >= 4 is 11.6 Å². The minimum atomic E-state index is 0.00838. The molecule has 2 N–H and O–H groups in total. The second-order valence-electron chi connectivity index (χ2n) is 5.72. The van der Waals surface area contributed by atoms with Crippen LogP contribution in [0.15, 0.2) is 42.6 Å². The third kappa shape index (κ3) is 5.06. The van der Waals surface area contributed by atoms with Crippen molar-refractivity contribution in [2.24, 2.45) is 0 Å². The summed E-state index contributed by atoms with van der Waals surface area (Å²) in [6, 6.07) is 11.8. The number of hydrogen-bond donors (Lipinski definition) is 2. The molecule has 0 aliphatic carbocycles. The Morgan fingerprint density at radius 1 is 1.21 bits per heavy atom. The van der Waals surface area contributed by atoms with Crippen LogP contribution >= 0.6 is 0 Å². The van der Waals surface area contributed by atoms with Crippen LogP contribution in [0.2, 0.25) is 0 Å². The maximum Gasteiger partial charge on any atom is 0.225 e. The molecule has 5 heteroatoms. The minimum absolute atomic E-state index is 0.00838. The summed E-state index contributed by atoms with van der Waals surface area (Å²) in [5.74, 6) is 0.618. The van der Waals surface area contributed by atoms with Crippen LogP contribution in [0.5, 0.6) is 5.88 Å². The Labute approximate surface area is 143 Å². The zero-order chi connectivity index (χ0) is 17.4. The van der Waals surface area contributed by atoms with Crippen molar-refractivity contribution in [1.82, 2.24) is 10.3 Å². The lowest BCUT2D eigenvalue weighted by Gasteiger charge is -2.15. The van der Waals surface area contributed by atoms with Crippen molar-refractivity contribution in [2.75, 3.05) is 12.4 Å². The molecular weight excluding hydrogens is 302 g/mol. The van der Waals surface area contributed by atoms with Gasteiger partial charge in [-0.05, 0) is 31.0 Å². The number of pyridine rings is 1. The van der Waals surface area contributed by atoms with Crippen LogP contribution in [0.3, 0.4) is 0 Å². The van der Waals surface area contributed by atoms with Crippen LogP contribution in [0.25, 0.3) is 0 Å². The summed E-state index contributed by atoms with van der Waals surface area (Å²) < 4.78 is 5.23. The molecule has 1 atom stereocenters. The fraction of sp³-hybridized carbons (Fsp3) is 0.368. The Bertz CT molecular complexity index is 673. The number of anilines is 1. The van der Waals surface area contributed by atoms with Gasteiger partial charge in [0.15, 0.2) is 0 Å². The zero-order valence-electron chi connectivity index (χ0n) is 14.5. The van der Waals surface area contributed by atoms with E-state index < -0.39 is 0 Å². The van der Waals surface area contributed by atoms with E-state index in [0.717, 1.165) is 23.2 Å². The van der Waals surface area contributed by atoms with E-state index in [2.05, 4.69) is 22.5 Å². The molecule has 0 saturated carbocycles. The molecule has 0 unspecified atom stereocenters. The van der Waals surface area contributed by atoms with E-state index in [-0.39, 0.29) is 11.9 Å². The van der Waals surface area contributed by atoms with Gasteiger partial charge in [0.1, 0.15) is 0 Å². The van der Waals surface area contributed by atoms with Crippen LogP contribution in [0.1, 0.15) is 31.4 Å². The molecule has 1 aromatic carbocycles. The Hall–Kier alpha value is -2.40. The predicted octanol–water partition coefficient (Wildman–Crippen LogP) is 3.16.